The lowest BCUT2D eigenvalue weighted by atomic mass is 10.3. The number of urea groups is 1. The molecule has 0 heterocycles. The summed E-state index contributed by atoms with van der Waals surface area (Å²) in [5, 5.41) is 1.94. The summed E-state index contributed by atoms with van der Waals surface area (Å²) in [6.07, 6.45) is -0.784. The van der Waals surface area contributed by atoms with Gasteiger partial charge in [0, 0.05) is 4.47 Å². The number of nitrogens with one attached hydrogen (secondary N) is 1. The van der Waals surface area contributed by atoms with Crippen molar-refractivity contribution in [3.05, 3.63) is 28.7 Å². The molecule has 86 valence electrons. The Morgan fingerprint density at radius 3 is 2.44 bits per heavy atom. The molecule has 0 aromatic heterocycles. The SMILES string of the molecule is C[C@H](Oc1ccc(Br)cc1)C(=O)NC(N)=O. The van der Waals surface area contributed by atoms with Crippen molar-refractivity contribution < 1.29 is 14.3 Å². The summed E-state index contributed by atoms with van der Waals surface area (Å²) in [7, 11) is 0. The van der Waals surface area contributed by atoms with Gasteiger partial charge in [0.2, 0.25) is 0 Å². The lowest BCUT2D eigenvalue weighted by Crippen LogP contribution is -2.42. The number of nitrogens with two attached hydrogens (primary N) is 1. The van der Waals surface area contributed by atoms with E-state index in [1.165, 1.54) is 6.92 Å². The maximum atomic E-state index is 11.3. The Morgan fingerprint density at radius 1 is 1.38 bits per heavy atom. The van der Waals surface area contributed by atoms with Gasteiger partial charge in [-0.3, -0.25) is 10.1 Å². The Labute approximate surface area is 101 Å². The van der Waals surface area contributed by atoms with Gasteiger partial charge in [-0.1, -0.05) is 15.9 Å². The molecule has 1 rings (SSSR count). The van der Waals surface area contributed by atoms with Gasteiger partial charge in [-0.05, 0) is 31.2 Å². The summed E-state index contributed by atoms with van der Waals surface area (Å²) >= 11 is 3.28. The highest BCUT2D eigenvalue weighted by atomic mass is 79.9. The Hall–Kier alpha value is -1.56. The molecule has 1 atom stereocenters. The van der Waals surface area contributed by atoms with Gasteiger partial charge in [0.05, 0.1) is 0 Å². The van der Waals surface area contributed by atoms with E-state index in [9.17, 15) is 9.59 Å². The monoisotopic (exact) mass is 286 g/mol. The predicted octanol–water partition coefficient (Wildman–Crippen LogP) is 1.41. The van der Waals surface area contributed by atoms with E-state index in [1.807, 2.05) is 5.32 Å². The summed E-state index contributed by atoms with van der Waals surface area (Å²) in [6.45, 7) is 1.53. The third-order valence-electron chi connectivity index (χ3n) is 1.74. The van der Waals surface area contributed by atoms with E-state index in [4.69, 9.17) is 10.5 Å². The first kappa shape index (κ1) is 12.5. The normalized spacial score (nSPS) is 11.6. The van der Waals surface area contributed by atoms with Crippen LogP contribution in [0.15, 0.2) is 28.7 Å². The highest BCUT2D eigenvalue weighted by Crippen LogP contribution is 2.17. The average Bonchev–Trinajstić information content (AvgIpc) is 2.20. The van der Waals surface area contributed by atoms with Crippen molar-refractivity contribution in [2.75, 3.05) is 0 Å². The molecular formula is C10H11BrN2O3. The molecule has 16 heavy (non-hydrogen) atoms. The van der Waals surface area contributed by atoms with Gasteiger partial charge in [-0.15, -0.1) is 0 Å². The molecule has 0 bridgehead atoms. The van der Waals surface area contributed by atoms with E-state index in [0.29, 0.717) is 5.75 Å². The molecule has 0 fully saturated rings. The zero-order chi connectivity index (χ0) is 12.1. The number of hydrogen-bond donors (Lipinski definition) is 2. The van der Waals surface area contributed by atoms with Crippen LogP contribution in [0, 0.1) is 0 Å². The molecular weight excluding hydrogens is 276 g/mol. The first-order valence-corrected chi connectivity index (χ1v) is 5.31. The molecule has 6 heteroatoms. The third-order valence-corrected chi connectivity index (χ3v) is 2.27. The number of halogens is 1. The van der Waals surface area contributed by atoms with E-state index in [1.54, 1.807) is 24.3 Å². The smallest absolute Gasteiger partial charge is 0.318 e. The molecule has 0 spiro atoms. The predicted molar refractivity (Wildman–Crippen MR) is 62.0 cm³/mol. The molecule has 0 aliphatic carbocycles. The molecule has 0 aliphatic heterocycles. The van der Waals surface area contributed by atoms with Gasteiger partial charge in [-0.2, -0.15) is 0 Å². The molecule has 1 aromatic carbocycles. The number of amides is 3. The summed E-state index contributed by atoms with van der Waals surface area (Å²) in [5.74, 6) is -0.0364. The molecule has 0 saturated heterocycles. The third kappa shape index (κ3) is 3.90. The van der Waals surface area contributed by atoms with Crippen LogP contribution in [-0.2, 0) is 4.79 Å². The maximum absolute atomic E-state index is 11.3. The van der Waals surface area contributed by atoms with E-state index >= 15 is 0 Å². The van der Waals surface area contributed by atoms with Crippen LogP contribution in [0.3, 0.4) is 0 Å². The van der Waals surface area contributed by atoms with Crippen LogP contribution >= 0.6 is 15.9 Å². The molecule has 3 amide bonds. The van der Waals surface area contributed by atoms with Crippen molar-refractivity contribution in [3.8, 4) is 5.75 Å². The molecule has 1 aromatic rings. The topological polar surface area (TPSA) is 81.4 Å². The number of carbonyl (C=O) groups is 2. The minimum atomic E-state index is -0.892. The van der Waals surface area contributed by atoms with Gasteiger partial charge in [0.1, 0.15) is 5.75 Å². The van der Waals surface area contributed by atoms with Crippen LogP contribution in [-0.4, -0.2) is 18.0 Å². The second-order valence-electron chi connectivity index (χ2n) is 3.07. The van der Waals surface area contributed by atoms with E-state index in [2.05, 4.69) is 15.9 Å². The van der Waals surface area contributed by atoms with E-state index in [-0.39, 0.29) is 0 Å². The fourth-order valence-electron chi connectivity index (χ4n) is 0.994. The zero-order valence-electron chi connectivity index (χ0n) is 8.57. The van der Waals surface area contributed by atoms with Crippen molar-refractivity contribution in [2.24, 2.45) is 5.73 Å². The lowest BCUT2D eigenvalue weighted by molar-refractivity contribution is -0.126. The number of ether oxygens (including phenoxy) is 1. The van der Waals surface area contributed by atoms with E-state index in [0.717, 1.165) is 4.47 Å². The molecule has 0 unspecified atom stereocenters. The zero-order valence-corrected chi connectivity index (χ0v) is 10.2. The van der Waals surface area contributed by atoms with Crippen LogP contribution < -0.4 is 15.8 Å². The average molecular weight is 287 g/mol. The molecule has 3 N–H and O–H groups in total. The molecule has 0 radical (unpaired) electrons. The number of imide groups is 1. The van der Waals surface area contributed by atoms with E-state index < -0.39 is 18.0 Å². The standard InChI is InChI=1S/C10H11BrN2O3/c1-6(9(14)13-10(12)15)16-8-4-2-7(11)3-5-8/h2-6H,1H3,(H3,12,13,14,15)/t6-/m0/s1. The van der Waals surface area contributed by atoms with Gasteiger partial charge < -0.3 is 10.5 Å². The lowest BCUT2D eigenvalue weighted by Gasteiger charge is -2.13. The summed E-state index contributed by atoms with van der Waals surface area (Å²) < 4.78 is 6.20. The number of primary amides is 1. The van der Waals surface area contributed by atoms with Crippen molar-refractivity contribution in [1.29, 1.82) is 0 Å². The largest absolute Gasteiger partial charge is 0.481 e. The summed E-state index contributed by atoms with van der Waals surface area (Å²) in [6, 6.07) is 6.09. The number of carbonyl (C=O) groups excluding carboxylic acids is 2. The summed E-state index contributed by atoms with van der Waals surface area (Å²) in [5.41, 5.74) is 4.81. The Kier molecular flexibility index (Phi) is 4.30. The fraction of sp³-hybridized carbons (Fsp3) is 0.200. The molecule has 0 saturated carbocycles. The highest BCUT2D eigenvalue weighted by Gasteiger charge is 2.15. The van der Waals surface area contributed by atoms with Crippen molar-refractivity contribution in [2.45, 2.75) is 13.0 Å². The van der Waals surface area contributed by atoms with Gasteiger partial charge in [0.15, 0.2) is 6.10 Å². The summed E-state index contributed by atoms with van der Waals surface area (Å²) in [4.78, 5) is 21.7. The van der Waals surface area contributed by atoms with Gasteiger partial charge in [0.25, 0.3) is 5.91 Å². The first-order chi connectivity index (χ1) is 7.49. The molecule has 5 nitrogen and oxygen atoms in total. The van der Waals surface area contributed by atoms with Crippen LogP contribution in [0.5, 0.6) is 5.75 Å². The number of rotatable bonds is 3. The first-order valence-electron chi connectivity index (χ1n) is 4.51. The Morgan fingerprint density at radius 2 is 1.94 bits per heavy atom. The quantitative estimate of drug-likeness (QED) is 0.882. The van der Waals surface area contributed by atoms with Crippen molar-refractivity contribution in [1.82, 2.24) is 5.32 Å². The minimum absolute atomic E-state index is 0.537. The van der Waals surface area contributed by atoms with Crippen LogP contribution in [0.2, 0.25) is 0 Å². The molecule has 0 aliphatic rings. The highest BCUT2D eigenvalue weighted by molar-refractivity contribution is 9.10. The van der Waals surface area contributed by atoms with Gasteiger partial charge in [-0.25, -0.2) is 4.79 Å². The number of benzene rings is 1. The second-order valence-corrected chi connectivity index (χ2v) is 3.98. The Bertz CT molecular complexity index is 392. The van der Waals surface area contributed by atoms with Crippen LogP contribution in [0.4, 0.5) is 4.79 Å². The van der Waals surface area contributed by atoms with Crippen molar-refractivity contribution >= 4 is 27.9 Å². The van der Waals surface area contributed by atoms with Crippen LogP contribution in [0.25, 0.3) is 0 Å². The Balaban J connectivity index is 2.57. The van der Waals surface area contributed by atoms with Gasteiger partial charge >= 0.3 is 6.03 Å². The van der Waals surface area contributed by atoms with Crippen molar-refractivity contribution in [3.63, 3.8) is 0 Å². The van der Waals surface area contributed by atoms with Crippen LogP contribution in [0.1, 0.15) is 6.92 Å². The maximum Gasteiger partial charge on any atom is 0.318 e. The fourth-order valence-corrected chi connectivity index (χ4v) is 1.26. The number of hydrogen-bond acceptors (Lipinski definition) is 3. The second kappa shape index (κ2) is 5.50. The minimum Gasteiger partial charge on any atom is -0.481 e.